The Labute approximate surface area is 201 Å². The molecule has 0 bridgehead atoms. The van der Waals surface area contributed by atoms with Crippen molar-refractivity contribution in [2.24, 2.45) is 4.76 Å². The largest absolute Gasteiger partial charge is 0.506 e. The fourth-order valence-electron chi connectivity index (χ4n) is 3.86. The second-order valence-corrected chi connectivity index (χ2v) is 11.8. The zero-order valence-electron chi connectivity index (χ0n) is 19.2. The topological polar surface area (TPSA) is 159 Å². The van der Waals surface area contributed by atoms with Gasteiger partial charge < -0.3 is 24.6 Å². The SMILES string of the molecule is COC(C)CCn1c(=O)c(C2=NP(=O)(O)c3cc(NS(C)(=O)=O)ccc3N2)c(O)c2ccccc21. The van der Waals surface area contributed by atoms with Crippen LogP contribution < -0.4 is 20.9 Å². The molecule has 0 spiro atoms. The quantitative estimate of drug-likeness (QED) is 0.345. The summed E-state index contributed by atoms with van der Waals surface area (Å²) in [4.78, 5) is 24.2. The molecule has 1 aromatic heterocycles. The van der Waals surface area contributed by atoms with Crippen LogP contribution in [0.15, 0.2) is 52.0 Å². The van der Waals surface area contributed by atoms with Crippen LogP contribution >= 0.6 is 7.52 Å². The van der Waals surface area contributed by atoms with Crippen LogP contribution in [0.1, 0.15) is 18.9 Å². The van der Waals surface area contributed by atoms with E-state index < -0.39 is 23.1 Å². The number of para-hydroxylation sites is 1. The predicted octanol–water partition coefficient (Wildman–Crippen LogP) is 2.19. The lowest BCUT2D eigenvalue weighted by Crippen LogP contribution is -2.34. The Morgan fingerprint density at radius 3 is 2.66 bits per heavy atom. The number of hydrogen-bond acceptors (Lipinski definition) is 7. The lowest BCUT2D eigenvalue weighted by atomic mass is 10.1. The molecule has 2 unspecified atom stereocenters. The zero-order valence-corrected chi connectivity index (χ0v) is 20.9. The summed E-state index contributed by atoms with van der Waals surface area (Å²) in [5.74, 6) is -0.624. The average molecular weight is 521 g/mol. The van der Waals surface area contributed by atoms with Gasteiger partial charge in [0.25, 0.3) is 5.56 Å². The van der Waals surface area contributed by atoms with Gasteiger partial charge in [0.2, 0.25) is 10.0 Å². The molecule has 1 aliphatic rings. The number of benzene rings is 2. The van der Waals surface area contributed by atoms with Gasteiger partial charge >= 0.3 is 7.52 Å². The van der Waals surface area contributed by atoms with Gasteiger partial charge in [0.15, 0.2) is 5.84 Å². The lowest BCUT2D eigenvalue weighted by molar-refractivity contribution is 0.107. The van der Waals surface area contributed by atoms with Crippen molar-refractivity contribution in [1.29, 1.82) is 0 Å². The summed E-state index contributed by atoms with van der Waals surface area (Å²) >= 11 is 0. The molecule has 11 nitrogen and oxygen atoms in total. The molecule has 0 saturated heterocycles. The second kappa shape index (κ2) is 9.12. The summed E-state index contributed by atoms with van der Waals surface area (Å²) in [6, 6.07) is 10.8. The number of rotatable bonds is 7. The van der Waals surface area contributed by atoms with Crippen molar-refractivity contribution in [3.05, 3.63) is 58.4 Å². The summed E-state index contributed by atoms with van der Waals surface area (Å²) in [6.45, 7) is 2.15. The van der Waals surface area contributed by atoms with Crippen LogP contribution in [0.3, 0.4) is 0 Å². The number of aromatic nitrogens is 1. The van der Waals surface area contributed by atoms with Crippen molar-refractivity contribution in [3.63, 3.8) is 0 Å². The number of nitrogens with zero attached hydrogens (tertiary/aromatic N) is 2. The first kappa shape index (κ1) is 24.9. The number of anilines is 2. The third-order valence-corrected chi connectivity index (χ3v) is 7.72. The number of amidine groups is 1. The molecule has 2 atom stereocenters. The molecule has 2 heterocycles. The van der Waals surface area contributed by atoms with E-state index in [0.717, 1.165) is 6.26 Å². The third-order valence-electron chi connectivity index (χ3n) is 5.65. The molecule has 2 aromatic carbocycles. The van der Waals surface area contributed by atoms with Gasteiger partial charge in [0.1, 0.15) is 11.3 Å². The van der Waals surface area contributed by atoms with E-state index in [4.69, 9.17) is 4.74 Å². The highest BCUT2D eigenvalue weighted by atomic mass is 32.2. The number of ether oxygens (including phenoxy) is 1. The molecule has 0 fully saturated rings. The van der Waals surface area contributed by atoms with Crippen molar-refractivity contribution in [2.75, 3.05) is 23.4 Å². The first-order chi connectivity index (χ1) is 16.4. The predicted molar refractivity (Wildman–Crippen MR) is 135 cm³/mol. The highest BCUT2D eigenvalue weighted by Gasteiger charge is 2.33. The maximum atomic E-state index is 13.5. The van der Waals surface area contributed by atoms with E-state index >= 15 is 0 Å². The van der Waals surface area contributed by atoms with Crippen molar-refractivity contribution in [1.82, 2.24) is 4.57 Å². The Hall–Kier alpha value is -3.18. The van der Waals surface area contributed by atoms with Crippen LogP contribution in [-0.4, -0.2) is 48.3 Å². The maximum Gasteiger partial charge on any atom is 0.346 e. The Kier molecular flexibility index (Phi) is 6.50. The van der Waals surface area contributed by atoms with E-state index in [0.29, 0.717) is 17.3 Å². The normalized spacial score (nSPS) is 18.5. The van der Waals surface area contributed by atoms with Crippen molar-refractivity contribution in [3.8, 4) is 5.75 Å². The van der Waals surface area contributed by atoms with Crippen LogP contribution in [-0.2, 0) is 25.9 Å². The van der Waals surface area contributed by atoms with Crippen LogP contribution in [0, 0.1) is 0 Å². The Bertz CT molecular complexity index is 1570. The van der Waals surface area contributed by atoms with Crippen LogP contribution in [0.5, 0.6) is 5.75 Å². The third kappa shape index (κ3) is 4.96. The van der Waals surface area contributed by atoms with Crippen LogP contribution in [0.25, 0.3) is 10.9 Å². The van der Waals surface area contributed by atoms with Gasteiger partial charge in [0.05, 0.1) is 28.9 Å². The van der Waals surface area contributed by atoms with Crippen molar-refractivity contribution >= 4 is 51.0 Å². The monoisotopic (exact) mass is 520 g/mol. The van der Waals surface area contributed by atoms with Gasteiger partial charge in [-0.05, 0) is 43.7 Å². The lowest BCUT2D eigenvalue weighted by Gasteiger charge is -2.24. The number of methoxy groups -OCH3 is 1. The molecular formula is C22H25N4O7PS. The van der Waals surface area contributed by atoms with E-state index in [1.807, 2.05) is 6.92 Å². The van der Waals surface area contributed by atoms with Crippen LogP contribution in [0.4, 0.5) is 11.4 Å². The molecule has 4 N–H and O–H groups in total. The van der Waals surface area contributed by atoms with Gasteiger partial charge in [-0.15, -0.1) is 0 Å². The van der Waals surface area contributed by atoms with Gasteiger partial charge in [-0.25, -0.2) is 8.42 Å². The minimum absolute atomic E-state index is 0.0872. The van der Waals surface area contributed by atoms with E-state index in [2.05, 4.69) is 14.8 Å². The molecule has 13 heteroatoms. The highest BCUT2D eigenvalue weighted by Crippen LogP contribution is 2.47. The van der Waals surface area contributed by atoms with Gasteiger partial charge in [-0.1, -0.05) is 12.1 Å². The summed E-state index contributed by atoms with van der Waals surface area (Å²) < 4.78 is 49.1. The molecule has 1 aliphatic heterocycles. The van der Waals surface area contributed by atoms with Crippen molar-refractivity contribution in [2.45, 2.75) is 26.0 Å². The summed E-state index contributed by atoms with van der Waals surface area (Å²) in [5, 5.41) is 14.1. The molecule has 4 rings (SSSR count). The minimum Gasteiger partial charge on any atom is -0.506 e. The average Bonchev–Trinajstić information content (AvgIpc) is 2.78. The summed E-state index contributed by atoms with van der Waals surface area (Å²) in [7, 11) is -6.47. The minimum atomic E-state index is -4.43. The van der Waals surface area contributed by atoms with E-state index in [1.54, 1.807) is 31.4 Å². The first-order valence-electron chi connectivity index (χ1n) is 10.6. The van der Waals surface area contributed by atoms with Crippen LogP contribution in [0.2, 0.25) is 0 Å². The molecule has 3 aromatic rings. The van der Waals surface area contributed by atoms with E-state index in [9.17, 15) is 27.8 Å². The fourth-order valence-corrected chi connectivity index (χ4v) is 5.70. The van der Waals surface area contributed by atoms with Gasteiger partial charge in [-0.2, -0.15) is 4.76 Å². The maximum absolute atomic E-state index is 13.5. The number of hydrogen-bond donors (Lipinski definition) is 4. The Balaban J connectivity index is 1.86. The Morgan fingerprint density at radius 2 is 1.97 bits per heavy atom. The molecule has 0 aliphatic carbocycles. The molecule has 186 valence electrons. The highest BCUT2D eigenvalue weighted by molar-refractivity contribution is 7.92. The molecular weight excluding hydrogens is 495 g/mol. The first-order valence-corrected chi connectivity index (χ1v) is 14.1. The number of aromatic hydroxyl groups is 1. The number of aryl methyl sites for hydroxylation is 1. The number of fused-ring (bicyclic) bond motifs is 2. The van der Waals surface area contributed by atoms with E-state index in [1.165, 1.54) is 22.8 Å². The number of sulfonamides is 1. The fraction of sp³-hybridized carbons (Fsp3) is 0.273. The number of pyridine rings is 1. The molecule has 35 heavy (non-hydrogen) atoms. The standard InChI is InChI=1S/C22H25N4O7PS/c1-13(33-2)10-11-26-17-7-5-4-6-15(17)20(27)19(22(26)28)21-23-16-9-8-14(25-35(3,31)32)12-18(16)34(29,30)24-21/h4-9,12-13,25,27H,10-11H2,1-3H3,(H2,23,24,29,30). The van der Waals surface area contributed by atoms with Crippen molar-refractivity contribution < 1.29 is 27.7 Å². The zero-order chi connectivity index (χ0) is 25.5. The van der Waals surface area contributed by atoms with Gasteiger partial charge in [-0.3, -0.25) is 14.1 Å². The van der Waals surface area contributed by atoms with Gasteiger partial charge in [0, 0.05) is 24.7 Å². The smallest absolute Gasteiger partial charge is 0.346 e. The molecule has 0 saturated carbocycles. The number of nitrogens with one attached hydrogen (secondary N) is 2. The molecule has 0 amide bonds. The second-order valence-electron chi connectivity index (χ2n) is 8.26. The summed E-state index contributed by atoms with van der Waals surface area (Å²) in [6.07, 6.45) is 1.35. The Morgan fingerprint density at radius 1 is 1.26 bits per heavy atom. The summed E-state index contributed by atoms with van der Waals surface area (Å²) in [5.41, 5.74) is -0.0836. The van der Waals surface area contributed by atoms with E-state index in [-0.39, 0.29) is 46.5 Å². The molecule has 0 radical (unpaired) electrons.